The highest BCUT2D eigenvalue weighted by Crippen LogP contribution is 2.32. The largest absolute Gasteiger partial charge is 0.497 e. The fourth-order valence-electron chi connectivity index (χ4n) is 2.67. The van der Waals surface area contributed by atoms with Gasteiger partial charge in [-0.05, 0) is 44.7 Å². The molecule has 1 aromatic heterocycles. The summed E-state index contributed by atoms with van der Waals surface area (Å²) in [6.45, 7) is 8.73. The van der Waals surface area contributed by atoms with Crippen LogP contribution in [0.5, 0.6) is 5.75 Å². The Bertz CT molecular complexity index is 604. The van der Waals surface area contributed by atoms with E-state index in [2.05, 4.69) is 31.4 Å². The highest BCUT2D eigenvalue weighted by atomic mass is 35.5. The molecule has 2 atom stereocenters. The Balaban J connectivity index is 2.48. The third kappa shape index (κ3) is 3.52. The van der Waals surface area contributed by atoms with Gasteiger partial charge in [0.05, 0.1) is 23.5 Å². The van der Waals surface area contributed by atoms with Crippen molar-refractivity contribution in [2.75, 3.05) is 7.11 Å². The smallest absolute Gasteiger partial charge is 0.127 e. The molecule has 0 fully saturated rings. The third-order valence-corrected chi connectivity index (χ3v) is 4.08. The van der Waals surface area contributed by atoms with Crippen molar-refractivity contribution in [2.45, 2.75) is 52.0 Å². The number of nitrogens with zero attached hydrogens (tertiary/aromatic N) is 2. The number of halogens is 1. The van der Waals surface area contributed by atoms with Crippen molar-refractivity contribution < 1.29 is 4.74 Å². The molecule has 0 radical (unpaired) electrons. The van der Waals surface area contributed by atoms with Crippen LogP contribution < -0.4 is 4.74 Å². The average Bonchev–Trinajstić information content (AvgIpc) is 2.83. The number of alkyl halides is 1. The second-order valence-electron chi connectivity index (χ2n) is 6.13. The van der Waals surface area contributed by atoms with E-state index in [4.69, 9.17) is 21.3 Å². The molecule has 0 N–H and O–H groups in total. The summed E-state index contributed by atoms with van der Waals surface area (Å²) in [5, 5.41) is -0.107. The quantitative estimate of drug-likeness (QED) is 0.673. The SMILES string of the molecule is COc1ccc2nc(C(C)Cl)n(C(C)CCC(C)C)c2c1. The van der Waals surface area contributed by atoms with Crippen LogP contribution >= 0.6 is 11.6 Å². The zero-order valence-electron chi connectivity index (χ0n) is 13.6. The Kier molecular flexibility index (Phi) is 5.15. The van der Waals surface area contributed by atoms with Crippen LogP contribution in [0.1, 0.15) is 57.8 Å². The van der Waals surface area contributed by atoms with Gasteiger partial charge in [-0.25, -0.2) is 4.98 Å². The molecule has 0 saturated carbocycles. The molecule has 2 unspecified atom stereocenters. The van der Waals surface area contributed by atoms with Gasteiger partial charge in [0.2, 0.25) is 0 Å². The van der Waals surface area contributed by atoms with Crippen LogP contribution in [-0.4, -0.2) is 16.7 Å². The Labute approximate surface area is 132 Å². The Morgan fingerprint density at radius 2 is 1.90 bits per heavy atom. The van der Waals surface area contributed by atoms with Crippen LogP contribution in [0.25, 0.3) is 11.0 Å². The van der Waals surface area contributed by atoms with Gasteiger partial charge < -0.3 is 9.30 Å². The first kappa shape index (κ1) is 16.2. The number of methoxy groups -OCH3 is 1. The van der Waals surface area contributed by atoms with Gasteiger partial charge in [-0.2, -0.15) is 0 Å². The number of rotatable bonds is 6. The van der Waals surface area contributed by atoms with Crippen molar-refractivity contribution in [3.63, 3.8) is 0 Å². The summed E-state index contributed by atoms with van der Waals surface area (Å²) in [7, 11) is 1.69. The molecule has 1 aromatic carbocycles. The van der Waals surface area contributed by atoms with Crippen molar-refractivity contribution in [2.24, 2.45) is 5.92 Å². The number of hydrogen-bond donors (Lipinski definition) is 0. The van der Waals surface area contributed by atoms with Gasteiger partial charge in [0.15, 0.2) is 0 Å². The van der Waals surface area contributed by atoms with E-state index in [1.807, 2.05) is 19.1 Å². The van der Waals surface area contributed by atoms with Crippen molar-refractivity contribution in [3.05, 3.63) is 24.0 Å². The first-order chi connectivity index (χ1) is 9.93. The molecule has 3 nitrogen and oxygen atoms in total. The van der Waals surface area contributed by atoms with E-state index in [0.717, 1.165) is 29.0 Å². The summed E-state index contributed by atoms with van der Waals surface area (Å²) in [5.41, 5.74) is 2.09. The lowest BCUT2D eigenvalue weighted by Gasteiger charge is -2.19. The first-order valence-electron chi connectivity index (χ1n) is 7.64. The van der Waals surface area contributed by atoms with Crippen LogP contribution in [-0.2, 0) is 0 Å². The van der Waals surface area contributed by atoms with E-state index in [1.54, 1.807) is 7.11 Å². The minimum Gasteiger partial charge on any atom is -0.497 e. The van der Waals surface area contributed by atoms with E-state index in [1.165, 1.54) is 6.42 Å². The molecule has 0 amide bonds. The molecule has 0 saturated heterocycles. The molecule has 0 aliphatic rings. The van der Waals surface area contributed by atoms with Crippen molar-refractivity contribution in [1.82, 2.24) is 9.55 Å². The summed E-state index contributed by atoms with van der Waals surface area (Å²) in [5.74, 6) is 2.50. The van der Waals surface area contributed by atoms with Crippen LogP contribution in [0.3, 0.4) is 0 Å². The highest BCUT2D eigenvalue weighted by molar-refractivity contribution is 6.20. The molecular weight excluding hydrogens is 284 g/mol. The second kappa shape index (κ2) is 6.69. The number of ether oxygens (including phenoxy) is 1. The summed E-state index contributed by atoms with van der Waals surface area (Å²) in [4.78, 5) is 4.71. The standard InChI is InChI=1S/C17H25ClN2O/c1-11(2)6-7-12(3)20-16-10-14(21-5)8-9-15(16)19-17(20)13(4)18/h8-13H,6-7H2,1-5H3. The maximum atomic E-state index is 6.35. The van der Waals surface area contributed by atoms with Gasteiger partial charge >= 0.3 is 0 Å². The summed E-state index contributed by atoms with van der Waals surface area (Å²) in [6, 6.07) is 6.38. The topological polar surface area (TPSA) is 27.1 Å². The maximum absolute atomic E-state index is 6.35. The van der Waals surface area contributed by atoms with Crippen LogP contribution in [0.15, 0.2) is 18.2 Å². The number of imidazole rings is 1. The van der Waals surface area contributed by atoms with E-state index >= 15 is 0 Å². The highest BCUT2D eigenvalue weighted by Gasteiger charge is 2.19. The first-order valence-corrected chi connectivity index (χ1v) is 8.07. The molecule has 116 valence electrons. The molecule has 0 spiro atoms. The fourth-order valence-corrected chi connectivity index (χ4v) is 2.82. The summed E-state index contributed by atoms with van der Waals surface area (Å²) < 4.78 is 7.63. The van der Waals surface area contributed by atoms with Crippen molar-refractivity contribution in [1.29, 1.82) is 0 Å². The zero-order chi connectivity index (χ0) is 15.6. The van der Waals surface area contributed by atoms with E-state index in [9.17, 15) is 0 Å². The van der Waals surface area contributed by atoms with Gasteiger partial charge in [-0.3, -0.25) is 0 Å². The summed E-state index contributed by atoms with van der Waals surface area (Å²) >= 11 is 6.35. The molecule has 2 aromatic rings. The molecule has 1 heterocycles. The van der Waals surface area contributed by atoms with Gasteiger partial charge in [0, 0.05) is 12.1 Å². The van der Waals surface area contributed by atoms with Crippen LogP contribution in [0.2, 0.25) is 0 Å². The predicted molar refractivity (Wildman–Crippen MR) is 89.3 cm³/mol. The molecule has 2 rings (SSSR count). The van der Waals surface area contributed by atoms with Crippen LogP contribution in [0, 0.1) is 5.92 Å². The van der Waals surface area contributed by atoms with Gasteiger partial charge in [-0.1, -0.05) is 13.8 Å². The lowest BCUT2D eigenvalue weighted by molar-refractivity contribution is 0.414. The second-order valence-corrected chi connectivity index (χ2v) is 6.79. The predicted octanol–water partition coefficient (Wildman–Crippen LogP) is 5.34. The zero-order valence-corrected chi connectivity index (χ0v) is 14.3. The van der Waals surface area contributed by atoms with Gasteiger partial charge in [0.25, 0.3) is 0 Å². The Hall–Kier alpha value is -1.22. The van der Waals surface area contributed by atoms with E-state index < -0.39 is 0 Å². The number of hydrogen-bond acceptors (Lipinski definition) is 2. The molecule has 0 aliphatic carbocycles. The third-order valence-electron chi connectivity index (χ3n) is 3.88. The summed E-state index contributed by atoms with van der Waals surface area (Å²) in [6.07, 6.45) is 2.32. The lowest BCUT2D eigenvalue weighted by atomic mass is 10.0. The molecule has 0 aliphatic heterocycles. The van der Waals surface area contributed by atoms with Crippen molar-refractivity contribution >= 4 is 22.6 Å². The maximum Gasteiger partial charge on any atom is 0.127 e. The monoisotopic (exact) mass is 308 g/mol. The minimum atomic E-state index is -0.107. The lowest BCUT2D eigenvalue weighted by Crippen LogP contribution is -2.11. The number of fused-ring (bicyclic) bond motifs is 1. The normalized spacial score (nSPS) is 14.6. The van der Waals surface area contributed by atoms with Crippen LogP contribution in [0.4, 0.5) is 0 Å². The van der Waals surface area contributed by atoms with E-state index in [-0.39, 0.29) is 5.38 Å². The number of benzene rings is 1. The number of aromatic nitrogens is 2. The fraction of sp³-hybridized carbons (Fsp3) is 0.588. The Morgan fingerprint density at radius 1 is 1.19 bits per heavy atom. The van der Waals surface area contributed by atoms with Gasteiger partial charge in [0.1, 0.15) is 11.6 Å². The molecule has 4 heteroatoms. The van der Waals surface area contributed by atoms with E-state index in [0.29, 0.717) is 12.0 Å². The minimum absolute atomic E-state index is 0.107. The molecule has 0 bridgehead atoms. The molecule has 21 heavy (non-hydrogen) atoms. The molecular formula is C17H25ClN2O. The average molecular weight is 309 g/mol. The van der Waals surface area contributed by atoms with Gasteiger partial charge in [-0.15, -0.1) is 11.6 Å². The Morgan fingerprint density at radius 3 is 2.48 bits per heavy atom. The van der Waals surface area contributed by atoms with Crippen molar-refractivity contribution in [3.8, 4) is 5.75 Å².